The van der Waals surface area contributed by atoms with Gasteiger partial charge in [-0.1, -0.05) is 26.0 Å². The van der Waals surface area contributed by atoms with Crippen molar-refractivity contribution < 1.29 is 19.6 Å². The van der Waals surface area contributed by atoms with Crippen molar-refractivity contribution in [3.05, 3.63) is 35.4 Å². The number of hydrogen-bond donors (Lipinski definition) is 2. The maximum Gasteiger partial charge on any atom is 0.337 e. The molecule has 1 aromatic rings. The maximum atomic E-state index is 11.8. The average molecular weight is 293 g/mol. The van der Waals surface area contributed by atoms with Gasteiger partial charge in [-0.05, 0) is 30.5 Å². The van der Waals surface area contributed by atoms with E-state index in [1.54, 1.807) is 12.1 Å². The lowest BCUT2D eigenvalue weighted by molar-refractivity contribution is -0.679. The van der Waals surface area contributed by atoms with Crippen LogP contribution in [0.25, 0.3) is 0 Å². The third kappa shape index (κ3) is 5.95. The van der Waals surface area contributed by atoms with Crippen molar-refractivity contribution in [2.45, 2.75) is 39.3 Å². The van der Waals surface area contributed by atoms with Gasteiger partial charge in [0.05, 0.1) is 18.7 Å². The molecule has 1 amide bonds. The molecular formula is C16H25N2O3+. The van der Waals surface area contributed by atoms with Gasteiger partial charge in [0.25, 0.3) is 5.91 Å². The van der Waals surface area contributed by atoms with Crippen LogP contribution in [0.4, 0.5) is 0 Å². The van der Waals surface area contributed by atoms with E-state index in [4.69, 9.17) is 0 Å². The number of benzene rings is 1. The minimum Gasteiger partial charge on any atom is -0.465 e. The van der Waals surface area contributed by atoms with Crippen LogP contribution in [0.1, 0.15) is 42.6 Å². The topological polar surface area (TPSA) is 72.0 Å². The third-order valence-electron chi connectivity index (χ3n) is 3.55. The van der Waals surface area contributed by atoms with Crippen LogP contribution in [-0.2, 0) is 16.1 Å². The molecule has 116 valence electrons. The number of carbonyl (C=O) groups excluding carboxylic acids is 2. The number of ether oxygens (including phenoxy) is 1. The van der Waals surface area contributed by atoms with Crippen molar-refractivity contribution in [2.75, 3.05) is 13.7 Å². The molecule has 5 heteroatoms. The summed E-state index contributed by atoms with van der Waals surface area (Å²) in [6.07, 6.45) is 2.14. The van der Waals surface area contributed by atoms with Crippen LogP contribution in [0.15, 0.2) is 24.3 Å². The molecule has 0 saturated heterocycles. The molecule has 0 unspecified atom stereocenters. The zero-order valence-electron chi connectivity index (χ0n) is 13.0. The second-order valence-corrected chi connectivity index (χ2v) is 4.98. The second kappa shape index (κ2) is 9.13. The van der Waals surface area contributed by atoms with Gasteiger partial charge in [-0.15, -0.1) is 0 Å². The van der Waals surface area contributed by atoms with E-state index in [1.807, 2.05) is 12.1 Å². The van der Waals surface area contributed by atoms with E-state index in [1.165, 1.54) is 7.11 Å². The molecule has 0 fully saturated rings. The molecule has 0 aliphatic heterocycles. The van der Waals surface area contributed by atoms with Crippen molar-refractivity contribution in [3.63, 3.8) is 0 Å². The molecule has 3 N–H and O–H groups in total. The summed E-state index contributed by atoms with van der Waals surface area (Å²) in [4.78, 5) is 23.1. The first-order valence-electron chi connectivity index (χ1n) is 7.37. The van der Waals surface area contributed by atoms with E-state index >= 15 is 0 Å². The Bertz CT molecular complexity index is 453. The smallest absolute Gasteiger partial charge is 0.337 e. The van der Waals surface area contributed by atoms with Crippen LogP contribution in [0.5, 0.6) is 0 Å². The van der Waals surface area contributed by atoms with Crippen molar-refractivity contribution in [2.24, 2.45) is 0 Å². The lowest BCUT2D eigenvalue weighted by atomic mass is 10.1. The van der Waals surface area contributed by atoms with Crippen LogP contribution in [-0.4, -0.2) is 31.6 Å². The Morgan fingerprint density at radius 1 is 1.19 bits per heavy atom. The molecule has 1 rings (SSSR count). The molecule has 0 aromatic heterocycles. The summed E-state index contributed by atoms with van der Waals surface area (Å²) in [5, 5.41) is 4.96. The molecule has 0 bridgehead atoms. The van der Waals surface area contributed by atoms with Gasteiger partial charge < -0.3 is 15.4 Å². The molecule has 1 aromatic carbocycles. The highest BCUT2D eigenvalue weighted by Crippen LogP contribution is 2.05. The molecule has 5 nitrogen and oxygen atoms in total. The SMILES string of the molecule is CCC(CC)[NH2+]CC(=O)NCc1ccc(C(=O)OC)cc1. The summed E-state index contributed by atoms with van der Waals surface area (Å²) in [6, 6.07) is 7.54. The summed E-state index contributed by atoms with van der Waals surface area (Å²) in [7, 11) is 1.35. The van der Waals surface area contributed by atoms with Crippen LogP contribution < -0.4 is 10.6 Å². The Balaban J connectivity index is 2.37. The first kappa shape index (κ1) is 17.2. The van der Waals surface area contributed by atoms with Gasteiger partial charge in [-0.2, -0.15) is 0 Å². The molecular weight excluding hydrogens is 268 g/mol. The number of amides is 1. The van der Waals surface area contributed by atoms with E-state index < -0.39 is 0 Å². The lowest BCUT2D eigenvalue weighted by Crippen LogP contribution is -2.91. The first-order valence-corrected chi connectivity index (χ1v) is 7.37. The molecule has 0 atom stereocenters. The number of hydrogen-bond acceptors (Lipinski definition) is 3. The quantitative estimate of drug-likeness (QED) is 0.698. The predicted molar refractivity (Wildman–Crippen MR) is 80.8 cm³/mol. The fourth-order valence-electron chi connectivity index (χ4n) is 2.05. The number of carbonyl (C=O) groups is 2. The highest BCUT2D eigenvalue weighted by molar-refractivity contribution is 5.89. The monoisotopic (exact) mass is 293 g/mol. The number of methoxy groups -OCH3 is 1. The molecule has 0 spiro atoms. The molecule has 21 heavy (non-hydrogen) atoms. The van der Waals surface area contributed by atoms with E-state index in [-0.39, 0.29) is 11.9 Å². The first-order chi connectivity index (χ1) is 10.1. The number of quaternary nitrogens is 1. The van der Waals surface area contributed by atoms with Gasteiger partial charge in [0.2, 0.25) is 0 Å². The highest BCUT2D eigenvalue weighted by Gasteiger charge is 2.10. The molecule has 0 aliphatic carbocycles. The highest BCUT2D eigenvalue weighted by atomic mass is 16.5. The Kier molecular flexibility index (Phi) is 7.46. The van der Waals surface area contributed by atoms with E-state index in [9.17, 15) is 9.59 Å². The minimum atomic E-state index is -0.356. The summed E-state index contributed by atoms with van der Waals surface area (Å²) in [6.45, 7) is 5.18. The number of nitrogens with two attached hydrogens (primary N) is 1. The van der Waals surface area contributed by atoms with Crippen LogP contribution in [0.3, 0.4) is 0 Å². The second-order valence-electron chi connectivity index (χ2n) is 4.98. The number of rotatable bonds is 8. The Hall–Kier alpha value is -1.88. The average Bonchev–Trinajstić information content (AvgIpc) is 2.53. The maximum absolute atomic E-state index is 11.8. The van der Waals surface area contributed by atoms with Crippen LogP contribution in [0.2, 0.25) is 0 Å². The molecule has 0 saturated carbocycles. The minimum absolute atomic E-state index is 0.0268. The van der Waals surface area contributed by atoms with Gasteiger partial charge in [0, 0.05) is 6.54 Å². The van der Waals surface area contributed by atoms with Crippen molar-refractivity contribution in [3.8, 4) is 0 Å². The zero-order chi connectivity index (χ0) is 15.7. The number of esters is 1. The fourth-order valence-corrected chi connectivity index (χ4v) is 2.05. The normalized spacial score (nSPS) is 10.5. The molecule has 0 aliphatic rings. The molecule has 0 radical (unpaired) electrons. The van der Waals surface area contributed by atoms with E-state index in [2.05, 4.69) is 29.2 Å². The largest absolute Gasteiger partial charge is 0.465 e. The predicted octanol–water partition coefficient (Wildman–Crippen LogP) is 0.841. The third-order valence-corrected chi connectivity index (χ3v) is 3.55. The number of nitrogens with one attached hydrogen (secondary N) is 1. The van der Waals surface area contributed by atoms with Gasteiger partial charge in [0.15, 0.2) is 6.54 Å². The van der Waals surface area contributed by atoms with Crippen molar-refractivity contribution in [1.29, 1.82) is 0 Å². The molecule has 0 heterocycles. The van der Waals surface area contributed by atoms with Gasteiger partial charge >= 0.3 is 5.97 Å². The Labute approximate surface area is 126 Å². The standard InChI is InChI=1S/C16H24N2O3/c1-4-14(5-2)17-11-15(19)18-10-12-6-8-13(9-7-12)16(20)21-3/h6-9,14,17H,4-5,10-11H2,1-3H3,(H,18,19)/p+1. The summed E-state index contributed by atoms with van der Waals surface area (Å²) >= 11 is 0. The van der Waals surface area contributed by atoms with Crippen molar-refractivity contribution in [1.82, 2.24) is 5.32 Å². The fraction of sp³-hybridized carbons (Fsp3) is 0.500. The Morgan fingerprint density at radius 2 is 1.81 bits per heavy atom. The lowest BCUT2D eigenvalue weighted by Gasteiger charge is -2.11. The summed E-state index contributed by atoms with van der Waals surface area (Å²) in [5.74, 6) is -0.329. The van der Waals surface area contributed by atoms with E-state index in [0.29, 0.717) is 24.7 Å². The summed E-state index contributed by atoms with van der Waals surface area (Å²) < 4.78 is 4.64. The van der Waals surface area contributed by atoms with Gasteiger partial charge in [-0.25, -0.2) is 4.79 Å². The Morgan fingerprint density at radius 3 is 2.33 bits per heavy atom. The van der Waals surface area contributed by atoms with Gasteiger partial charge in [-0.3, -0.25) is 4.79 Å². The van der Waals surface area contributed by atoms with Gasteiger partial charge in [0.1, 0.15) is 0 Å². The van der Waals surface area contributed by atoms with E-state index in [0.717, 1.165) is 18.4 Å². The van der Waals surface area contributed by atoms with Crippen molar-refractivity contribution >= 4 is 11.9 Å². The zero-order valence-corrected chi connectivity index (χ0v) is 13.0. The van der Waals surface area contributed by atoms with Crippen LogP contribution >= 0.6 is 0 Å². The summed E-state index contributed by atoms with van der Waals surface area (Å²) in [5.41, 5.74) is 1.47. The van der Waals surface area contributed by atoms with Crippen LogP contribution in [0, 0.1) is 0 Å².